The number of anilines is 1. The molecule has 1 aromatic carbocycles. The normalized spacial score (nSPS) is 17.4. The molecule has 0 saturated carbocycles. The second kappa shape index (κ2) is 6.74. The third-order valence-electron chi connectivity index (χ3n) is 4.00. The molecular formula is C17H25NO. The van der Waals surface area contributed by atoms with Crippen LogP contribution in [-0.2, 0) is 4.79 Å². The van der Waals surface area contributed by atoms with Crippen molar-refractivity contribution in [1.82, 2.24) is 0 Å². The fraction of sp³-hybridized carbons (Fsp3) is 0.588. The molecule has 0 spiro atoms. The van der Waals surface area contributed by atoms with E-state index >= 15 is 0 Å². The zero-order valence-corrected chi connectivity index (χ0v) is 12.2. The third-order valence-corrected chi connectivity index (χ3v) is 4.00. The maximum Gasteiger partial charge on any atom is 0.232 e. The van der Waals surface area contributed by atoms with Gasteiger partial charge in [-0.25, -0.2) is 0 Å². The van der Waals surface area contributed by atoms with Crippen LogP contribution in [0.4, 0.5) is 5.69 Å². The Kier molecular flexibility index (Phi) is 5.00. The molecular weight excluding hydrogens is 234 g/mol. The van der Waals surface area contributed by atoms with Crippen LogP contribution < -0.4 is 5.32 Å². The molecule has 1 amide bonds. The van der Waals surface area contributed by atoms with E-state index in [0.29, 0.717) is 0 Å². The van der Waals surface area contributed by atoms with Crippen LogP contribution in [0.25, 0.3) is 0 Å². The lowest BCUT2D eigenvalue weighted by molar-refractivity contribution is -0.117. The number of aryl methyl sites for hydroxylation is 1. The van der Waals surface area contributed by atoms with E-state index in [0.717, 1.165) is 18.5 Å². The lowest BCUT2D eigenvalue weighted by Crippen LogP contribution is -2.11. The number of carbonyl (C=O) groups excluding carboxylic acids is 1. The van der Waals surface area contributed by atoms with Gasteiger partial charge in [-0.15, -0.1) is 0 Å². The molecule has 0 bridgehead atoms. The predicted molar refractivity (Wildman–Crippen MR) is 80.5 cm³/mol. The summed E-state index contributed by atoms with van der Waals surface area (Å²) in [5.74, 6) is 0.273. The first kappa shape index (κ1) is 14.1. The molecule has 0 fully saturated rings. The number of rotatable bonds is 7. The highest BCUT2D eigenvalue weighted by atomic mass is 16.2. The molecule has 2 heteroatoms. The number of amides is 1. The number of carbonyl (C=O) groups is 1. The van der Waals surface area contributed by atoms with Gasteiger partial charge in [-0.1, -0.05) is 63.1 Å². The second-order valence-electron chi connectivity index (χ2n) is 5.69. The second-order valence-corrected chi connectivity index (χ2v) is 5.69. The largest absolute Gasteiger partial charge is 0.325 e. The van der Waals surface area contributed by atoms with Crippen LogP contribution in [0.15, 0.2) is 18.2 Å². The molecule has 2 rings (SSSR count). The van der Waals surface area contributed by atoms with Gasteiger partial charge in [-0.2, -0.15) is 0 Å². The van der Waals surface area contributed by atoms with E-state index in [9.17, 15) is 4.79 Å². The molecule has 0 aromatic heterocycles. The lowest BCUT2D eigenvalue weighted by atomic mass is 9.93. The van der Waals surface area contributed by atoms with Gasteiger partial charge in [-0.3, -0.25) is 4.79 Å². The average molecular weight is 259 g/mol. The standard InChI is InChI=1S/C17H25NO/c1-3-4-5-6-7-8-9-14-15-12-13(2)10-11-16(15)18-17(14)19/h10-12,14H,3-9H2,1-2H3,(H,18,19). The zero-order valence-electron chi connectivity index (χ0n) is 12.2. The molecule has 1 aliphatic heterocycles. The van der Waals surface area contributed by atoms with Gasteiger partial charge in [0.1, 0.15) is 0 Å². The fourth-order valence-corrected chi connectivity index (χ4v) is 2.86. The minimum absolute atomic E-state index is 0.0843. The Morgan fingerprint density at radius 3 is 2.63 bits per heavy atom. The monoisotopic (exact) mass is 259 g/mol. The molecule has 104 valence electrons. The summed E-state index contributed by atoms with van der Waals surface area (Å²) < 4.78 is 0. The summed E-state index contributed by atoms with van der Waals surface area (Å²) >= 11 is 0. The zero-order chi connectivity index (χ0) is 13.7. The van der Waals surface area contributed by atoms with Crippen molar-refractivity contribution in [3.63, 3.8) is 0 Å². The summed E-state index contributed by atoms with van der Waals surface area (Å²) in [7, 11) is 0. The molecule has 1 aromatic rings. The van der Waals surface area contributed by atoms with Gasteiger partial charge in [0.25, 0.3) is 0 Å². The van der Waals surface area contributed by atoms with Crippen LogP contribution in [-0.4, -0.2) is 5.91 Å². The van der Waals surface area contributed by atoms with E-state index in [1.54, 1.807) is 0 Å². The Hall–Kier alpha value is -1.31. The summed E-state index contributed by atoms with van der Waals surface area (Å²) in [6, 6.07) is 6.25. The van der Waals surface area contributed by atoms with Crippen LogP contribution in [0.2, 0.25) is 0 Å². The minimum atomic E-state index is 0.0843. The number of fused-ring (bicyclic) bond motifs is 1. The lowest BCUT2D eigenvalue weighted by Gasteiger charge is -2.09. The summed E-state index contributed by atoms with van der Waals surface area (Å²) in [6.07, 6.45) is 8.68. The maximum absolute atomic E-state index is 12.0. The highest BCUT2D eigenvalue weighted by Crippen LogP contribution is 2.36. The number of hydrogen-bond donors (Lipinski definition) is 1. The van der Waals surface area contributed by atoms with Gasteiger partial charge >= 0.3 is 0 Å². The molecule has 1 heterocycles. The first-order chi connectivity index (χ1) is 9.22. The SMILES string of the molecule is CCCCCCCCC1C(=O)Nc2ccc(C)cc21. The quantitative estimate of drug-likeness (QED) is 0.701. The molecule has 1 atom stereocenters. The van der Waals surface area contributed by atoms with Gasteiger partial charge in [0.2, 0.25) is 5.91 Å². The highest BCUT2D eigenvalue weighted by Gasteiger charge is 2.29. The summed E-state index contributed by atoms with van der Waals surface area (Å²) in [4.78, 5) is 12.0. The van der Waals surface area contributed by atoms with E-state index in [4.69, 9.17) is 0 Å². The van der Waals surface area contributed by atoms with E-state index in [2.05, 4.69) is 31.3 Å². The Labute approximate surface area is 116 Å². The molecule has 0 aliphatic carbocycles. The topological polar surface area (TPSA) is 29.1 Å². The Balaban J connectivity index is 1.84. The summed E-state index contributed by atoms with van der Waals surface area (Å²) in [5.41, 5.74) is 3.47. The molecule has 19 heavy (non-hydrogen) atoms. The van der Waals surface area contributed by atoms with Gasteiger partial charge in [0.15, 0.2) is 0 Å². The van der Waals surface area contributed by atoms with Crippen molar-refractivity contribution in [1.29, 1.82) is 0 Å². The number of hydrogen-bond acceptors (Lipinski definition) is 1. The molecule has 1 aliphatic rings. The first-order valence-electron chi connectivity index (χ1n) is 7.63. The van der Waals surface area contributed by atoms with Crippen molar-refractivity contribution < 1.29 is 4.79 Å². The summed E-state index contributed by atoms with van der Waals surface area (Å²) in [5, 5.41) is 3.00. The van der Waals surface area contributed by atoms with Gasteiger partial charge < -0.3 is 5.32 Å². The molecule has 1 N–H and O–H groups in total. The smallest absolute Gasteiger partial charge is 0.232 e. The van der Waals surface area contributed by atoms with Crippen molar-refractivity contribution in [2.45, 2.75) is 64.7 Å². The minimum Gasteiger partial charge on any atom is -0.325 e. The van der Waals surface area contributed by atoms with Crippen molar-refractivity contribution in [3.8, 4) is 0 Å². The first-order valence-corrected chi connectivity index (χ1v) is 7.63. The van der Waals surface area contributed by atoms with Crippen molar-refractivity contribution in [2.75, 3.05) is 5.32 Å². The maximum atomic E-state index is 12.0. The van der Waals surface area contributed by atoms with E-state index < -0.39 is 0 Å². The average Bonchev–Trinajstić information content (AvgIpc) is 2.69. The Morgan fingerprint density at radius 2 is 1.84 bits per heavy atom. The fourth-order valence-electron chi connectivity index (χ4n) is 2.86. The molecule has 0 radical (unpaired) electrons. The number of benzene rings is 1. The number of nitrogens with one attached hydrogen (secondary N) is 1. The van der Waals surface area contributed by atoms with Crippen LogP contribution >= 0.6 is 0 Å². The van der Waals surface area contributed by atoms with Crippen LogP contribution in [0.3, 0.4) is 0 Å². The van der Waals surface area contributed by atoms with E-state index in [1.165, 1.54) is 43.2 Å². The number of unbranched alkanes of at least 4 members (excludes halogenated alkanes) is 5. The summed E-state index contributed by atoms with van der Waals surface area (Å²) in [6.45, 7) is 4.33. The van der Waals surface area contributed by atoms with Crippen LogP contribution in [0.5, 0.6) is 0 Å². The molecule has 2 nitrogen and oxygen atoms in total. The van der Waals surface area contributed by atoms with Crippen LogP contribution in [0, 0.1) is 6.92 Å². The third kappa shape index (κ3) is 3.59. The molecule has 1 unspecified atom stereocenters. The Bertz CT molecular complexity index is 439. The van der Waals surface area contributed by atoms with Crippen molar-refractivity contribution in [3.05, 3.63) is 29.3 Å². The van der Waals surface area contributed by atoms with Crippen molar-refractivity contribution in [2.24, 2.45) is 0 Å². The molecule has 0 saturated heterocycles. The van der Waals surface area contributed by atoms with Crippen LogP contribution in [0.1, 0.15) is 68.9 Å². The van der Waals surface area contributed by atoms with E-state index in [1.807, 2.05) is 6.07 Å². The van der Waals surface area contributed by atoms with Gasteiger partial charge in [0, 0.05) is 5.69 Å². The van der Waals surface area contributed by atoms with E-state index in [-0.39, 0.29) is 11.8 Å². The highest BCUT2D eigenvalue weighted by molar-refractivity contribution is 6.02. The Morgan fingerprint density at radius 1 is 1.11 bits per heavy atom. The van der Waals surface area contributed by atoms with Gasteiger partial charge in [0.05, 0.1) is 5.92 Å². The van der Waals surface area contributed by atoms with Crippen molar-refractivity contribution >= 4 is 11.6 Å². The predicted octanol–water partition coefficient (Wildman–Crippen LogP) is 4.78. The van der Waals surface area contributed by atoms with Gasteiger partial charge in [-0.05, 0) is 25.0 Å².